The minimum atomic E-state index is -3.76. The molecule has 164 valence electrons. The molecule has 0 fully saturated rings. The molecule has 2 aromatic carbocycles. The number of carbonyl (C=O) groups is 1. The zero-order valence-electron chi connectivity index (χ0n) is 17.7. The molecule has 0 atom stereocenters. The van der Waals surface area contributed by atoms with Gasteiger partial charge in [-0.15, -0.1) is 0 Å². The summed E-state index contributed by atoms with van der Waals surface area (Å²) >= 11 is 0. The van der Waals surface area contributed by atoms with Crippen LogP contribution in [0.15, 0.2) is 84.4 Å². The van der Waals surface area contributed by atoms with Crippen molar-refractivity contribution in [1.82, 2.24) is 18.8 Å². The molecule has 8 heteroatoms. The maximum Gasteiger partial charge on any atom is 0.268 e. The first kappa shape index (κ1) is 21.6. The smallest absolute Gasteiger partial charge is 0.268 e. The molecule has 0 saturated heterocycles. The van der Waals surface area contributed by atoms with Gasteiger partial charge in [-0.2, -0.15) is 0 Å². The van der Waals surface area contributed by atoms with Gasteiger partial charge in [0.15, 0.2) is 0 Å². The van der Waals surface area contributed by atoms with Crippen molar-refractivity contribution in [3.63, 3.8) is 0 Å². The summed E-state index contributed by atoms with van der Waals surface area (Å²) < 4.78 is 29.7. The maximum atomic E-state index is 13.2. The van der Waals surface area contributed by atoms with Crippen molar-refractivity contribution in [3.8, 4) is 0 Å². The second kappa shape index (κ2) is 9.23. The molecule has 0 unspecified atom stereocenters. The van der Waals surface area contributed by atoms with E-state index in [0.717, 1.165) is 23.9 Å². The van der Waals surface area contributed by atoms with Crippen LogP contribution >= 0.6 is 0 Å². The fourth-order valence-electron chi connectivity index (χ4n) is 3.45. The summed E-state index contributed by atoms with van der Waals surface area (Å²) in [7, 11) is -3.76. The minimum Gasteiger partial charge on any atom is -0.352 e. The Labute approximate surface area is 187 Å². The molecule has 0 bridgehead atoms. The maximum absolute atomic E-state index is 13.2. The predicted octanol–water partition coefficient (Wildman–Crippen LogP) is 3.60. The lowest BCUT2D eigenvalue weighted by Gasteiger charge is -2.07. The summed E-state index contributed by atoms with van der Waals surface area (Å²) in [4.78, 5) is 16.4. The second-order valence-electron chi connectivity index (χ2n) is 7.49. The molecule has 1 amide bonds. The van der Waals surface area contributed by atoms with E-state index in [1.54, 1.807) is 61.2 Å². The lowest BCUT2D eigenvalue weighted by molar-refractivity contribution is -0.116. The fourth-order valence-corrected chi connectivity index (χ4v) is 4.83. The molecule has 0 spiro atoms. The monoisotopic (exact) mass is 448 g/mol. The zero-order valence-corrected chi connectivity index (χ0v) is 18.5. The van der Waals surface area contributed by atoms with Crippen LogP contribution in [0, 0.1) is 6.92 Å². The van der Waals surface area contributed by atoms with E-state index in [9.17, 15) is 13.2 Å². The van der Waals surface area contributed by atoms with Crippen molar-refractivity contribution in [2.24, 2.45) is 0 Å². The SMILES string of the molecule is Cc1ccc(S(=O)(=O)n2cc(/C=C/C(=O)NCCCn3ccnc3)c3ccccc32)cc1. The Kier molecular flexibility index (Phi) is 6.23. The number of benzene rings is 2. The molecule has 7 nitrogen and oxygen atoms in total. The first-order chi connectivity index (χ1) is 15.4. The number of rotatable bonds is 8. The predicted molar refractivity (Wildman–Crippen MR) is 125 cm³/mol. The number of aryl methyl sites for hydroxylation is 2. The molecule has 0 radical (unpaired) electrons. The van der Waals surface area contributed by atoms with E-state index in [1.165, 1.54) is 10.0 Å². The third-order valence-electron chi connectivity index (χ3n) is 5.15. The average Bonchev–Trinajstić information content (AvgIpc) is 3.44. The zero-order chi connectivity index (χ0) is 22.6. The van der Waals surface area contributed by atoms with Crippen molar-refractivity contribution < 1.29 is 13.2 Å². The van der Waals surface area contributed by atoms with Crippen LogP contribution in [0.5, 0.6) is 0 Å². The second-order valence-corrected chi connectivity index (χ2v) is 9.31. The van der Waals surface area contributed by atoms with Crippen LogP contribution in [-0.4, -0.2) is 34.4 Å². The molecule has 4 rings (SSSR count). The van der Waals surface area contributed by atoms with E-state index < -0.39 is 10.0 Å². The summed E-state index contributed by atoms with van der Waals surface area (Å²) in [6, 6.07) is 14.0. The molecule has 4 aromatic rings. The Morgan fingerprint density at radius 1 is 1.12 bits per heavy atom. The van der Waals surface area contributed by atoms with Gasteiger partial charge in [0.2, 0.25) is 5.91 Å². The van der Waals surface area contributed by atoms with E-state index in [-0.39, 0.29) is 10.8 Å². The van der Waals surface area contributed by atoms with Crippen LogP contribution < -0.4 is 5.32 Å². The highest BCUT2D eigenvalue weighted by Gasteiger charge is 2.20. The Morgan fingerprint density at radius 3 is 2.66 bits per heavy atom. The van der Waals surface area contributed by atoms with Gasteiger partial charge >= 0.3 is 0 Å². The highest BCUT2D eigenvalue weighted by atomic mass is 32.2. The number of nitrogens with one attached hydrogen (secondary N) is 1. The number of amides is 1. The summed E-state index contributed by atoms with van der Waals surface area (Å²) in [5.41, 5.74) is 2.21. The van der Waals surface area contributed by atoms with Gasteiger partial charge in [-0.1, -0.05) is 35.9 Å². The molecule has 0 aliphatic rings. The third-order valence-corrected chi connectivity index (χ3v) is 6.84. The number of hydrogen-bond donors (Lipinski definition) is 1. The first-order valence-electron chi connectivity index (χ1n) is 10.3. The van der Waals surface area contributed by atoms with Crippen LogP contribution in [0.25, 0.3) is 17.0 Å². The molecular weight excluding hydrogens is 424 g/mol. The summed E-state index contributed by atoms with van der Waals surface area (Å²) in [5, 5.41) is 3.60. The largest absolute Gasteiger partial charge is 0.352 e. The van der Waals surface area contributed by atoms with Gasteiger partial charge in [-0.3, -0.25) is 4.79 Å². The number of nitrogens with zero attached hydrogens (tertiary/aromatic N) is 3. The van der Waals surface area contributed by atoms with Gasteiger partial charge in [0.25, 0.3) is 10.0 Å². The lowest BCUT2D eigenvalue weighted by atomic mass is 10.1. The van der Waals surface area contributed by atoms with Crippen LogP contribution in [-0.2, 0) is 21.4 Å². The Hall–Kier alpha value is -3.65. The van der Waals surface area contributed by atoms with E-state index in [2.05, 4.69) is 10.3 Å². The van der Waals surface area contributed by atoms with Gasteiger partial charge in [-0.25, -0.2) is 17.4 Å². The van der Waals surface area contributed by atoms with Crippen molar-refractivity contribution in [2.45, 2.75) is 24.8 Å². The van der Waals surface area contributed by atoms with Gasteiger partial charge in [0.1, 0.15) is 0 Å². The highest BCUT2D eigenvalue weighted by molar-refractivity contribution is 7.90. The number of para-hydroxylation sites is 1. The van der Waals surface area contributed by atoms with Gasteiger partial charge < -0.3 is 9.88 Å². The molecule has 2 heterocycles. The number of hydrogen-bond acceptors (Lipinski definition) is 4. The van der Waals surface area contributed by atoms with Gasteiger partial charge in [0, 0.05) is 48.7 Å². The molecule has 0 aliphatic carbocycles. The van der Waals surface area contributed by atoms with Crippen molar-refractivity contribution in [1.29, 1.82) is 0 Å². The summed E-state index contributed by atoms with van der Waals surface area (Å²) in [6.07, 6.45) is 10.8. The van der Waals surface area contributed by atoms with E-state index >= 15 is 0 Å². The molecule has 0 aliphatic heterocycles. The molecule has 1 N–H and O–H groups in total. The van der Waals surface area contributed by atoms with Crippen molar-refractivity contribution in [2.75, 3.05) is 6.54 Å². The van der Waals surface area contributed by atoms with Crippen LogP contribution in [0.1, 0.15) is 17.5 Å². The van der Waals surface area contributed by atoms with E-state index in [1.807, 2.05) is 29.8 Å². The van der Waals surface area contributed by atoms with Crippen molar-refractivity contribution in [3.05, 3.63) is 90.7 Å². The van der Waals surface area contributed by atoms with Crippen molar-refractivity contribution >= 4 is 32.9 Å². The van der Waals surface area contributed by atoms with Gasteiger partial charge in [0.05, 0.1) is 16.7 Å². The molecule has 2 aromatic heterocycles. The van der Waals surface area contributed by atoms with Crippen LogP contribution in [0.2, 0.25) is 0 Å². The highest BCUT2D eigenvalue weighted by Crippen LogP contribution is 2.27. The number of fused-ring (bicyclic) bond motifs is 1. The minimum absolute atomic E-state index is 0.218. The third kappa shape index (κ3) is 4.65. The molecular formula is C24H24N4O3S. The topological polar surface area (TPSA) is 86.0 Å². The Bertz CT molecular complexity index is 1350. The summed E-state index contributed by atoms with van der Waals surface area (Å²) in [5.74, 6) is -0.228. The number of carbonyl (C=O) groups excluding carboxylic acids is 1. The standard InChI is InChI=1S/C24H24N4O3S/c1-19-7-10-21(11-8-19)32(30,31)28-17-20(22-5-2-3-6-23(22)28)9-12-24(29)26-13-4-15-27-16-14-25-18-27/h2-3,5-12,14,16-18H,4,13,15H2,1H3,(H,26,29)/b12-9+. The number of aromatic nitrogens is 3. The Morgan fingerprint density at radius 2 is 1.91 bits per heavy atom. The normalized spacial score (nSPS) is 11.9. The van der Waals surface area contributed by atoms with Crippen LogP contribution in [0.4, 0.5) is 0 Å². The van der Waals surface area contributed by atoms with E-state index in [0.29, 0.717) is 17.6 Å². The average molecular weight is 449 g/mol. The first-order valence-corrected chi connectivity index (χ1v) is 11.7. The molecule has 32 heavy (non-hydrogen) atoms. The summed E-state index contributed by atoms with van der Waals surface area (Å²) in [6.45, 7) is 3.21. The van der Waals surface area contributed by atoms with E-state index in [4.69, 9.17) is 0 Å². The van der Waals surface area contributed by atoms with Crippen LogP contribution in [0.3, 0.4) is 0 Å². The Balaban J connectivity index is 1.52. The van der Waals surface area contributed by atoms with Gasteiger partial charge in [-0.05, 0) is 37.6 Å². The lowest BCUT2D eigenvalue weighted by Crippen LogP contribution is -2.22. The molecule has 0 saturated carbocycles. The number of imidazole rings is 1. The quantitative estimate of drug-likeness (QED) is 0.330. The fraction of sp³-hybridized carbons (Fsp3) is 0.167.